The summed E-state index contributed by atoms with van der Waals surface area (Å²) in [5.74, 6) is 0. The van der Waals surface area contributed by atoms with Crippen LogP contribution in [0.2, 0.25) is 0 Å². The Hall–Kier alpha value is -0.200. The minimum absolute atomic E-state index is 0. The number of ether oxygens (including phenoxy) is 4. The van der Waals surface area contributed by atoms with Crippen molar-refractivity contribution in [3.05, 3.63) is 0 Å². The van der Waals surface area contributed by atoms with Gasteiger partial charge in [0.25, 0.3) is 0 Å². The third-order valence-electron chi connectivity index (χ3n) is 1.33. The van der Waals surface area contributed by atoms with Crippen LogP contribution in [0, 0.1) is 0 Å². The van der Waals surface area contributed by atoms with E-state index >= 15 is 0 Å². The lowest BCUT2D eigenvalue weighted by atomic mass is 10.8. The lowest BCUT2D eigenvalue weighted by molar-refractivity contribution is -0.0879. The summed E-state index contributed by atoms with van der Waals surface area (Å²) in [6.45, 7) is 3.67. The molecule has 0 aromatic carbocycles. The van der Waals surface area contributed by atoms with Crippen LogP contribution < -0.4 is 0 Å². The molecule has 0 aliphatic rings. The summed E-state index contributed by atoms with van der Waals surface area (Å²) < 4.78 is 18.7. The molecule has 0 fully saturated rings. The van der Waals surface area contributed by atoms with E-state index in [9.17, 15) is 0 Å². The van der Waals surface area contributed by atoms with E-state index in [1.165, 1.54) is 0 Å². The van der Waals surface area contributed by atoms with E-state index in [1.807, 2.05) is 13.8 Å². The highest BCUT2D eigenvalue weighted by molar-refractivity contribution is 4.18. The fourth-order valence-electron chi connectivity index (χ4n) is 0.192. The summed E-state index contributed by atoms with van der Waals surface area (Å²) >= 11 is 0. The molecule has 0 aliphatic carbocycles. The summed E-state index contributed by atoms with van der Waals surface area (Å²) in [7, 11) is 6.42. The number of hydrogen-bond donors (Lipinski definition) is 0. The second-order valence-electron chi connectivity index (χ2n) is 2.08. The van der Waals surface area contributed by atoms with Crippen LogP contribution in [-0.4, -0.2) is 46.5 Å². The maximum Gasteiger partial charge on any atom is 0.154 e. The van der Waals surface area contributed by atoms with Gasteiger partial charge in [-0.15, -0.1) is 0 Å². The first-order valence-electron chi connectivity index (χ1n) is 3.73. The van der Waals surface area contributed by atoms with Crippen LogP contribution in [0.1, 0.15) is 13.8 Å². The second kappa shape index (κ2) is 14.3. The van der Waals surface area contributed by atoms with Gasteiger partial charge in [0.2, 0.25) is 0 Å². The molecule has 0 amide bonds. The molecule has 0 heterocycles. The maximum absolute atomic E-state index is 4.68. The minimum atomic E-state index is -0.0648. The van der Waals surface area contributed by atoms with Gasteiger partial charge in [-0.2, -0.15) is 0 Å². The normalized spacial score (nSPS) is 9.23. The highest BCUT2D eigenvalue weighted by atomic mass is 16.7. The van der Waals surface area contributed by atoms with Gasteiger partial charge in [-0.1, -0.05) is 0 Å². The molecule has 0 aromatic rings. The molecule has 0 radical (unpaired) electrons. The maximum atomic E-state index is 4.68. The molecule has 84 valence electrons. The Labute approximate surface area is 80.2 Å². The average Bonchev–Trinajstić information content (AvgIpc) is 2.16. The molecule has 5 nitrogen and oxygen atoms in total. The fourth-order valence-corrected chi connectivity index (χ4v) is 0.192. The molecule has 0 spiro atoms. The van der Waals surface area contributed by atoms with Crippen molar-refractivity contribution < 1.29 is 24.4 Å². The molecule has 5 heteroatoms. The van der Waals surface area contributed by atoms with Crippen LogP contribution in [0.4, 0.5) is 0 Å². The first-order valence-corrected chi connectivity index (χ1v) is 3.73. The van der Waals surface area contributed by atoms with E-state index in [2.05, 4.69) is 18.9 Å². The minimum Gasteiger partial charge on any atom is -0.412 e. The topological polar surface area (TPSA) is 68.4 Å². The van der Waals surface area contributed by atoms with Crippen molar-refractivity contribution in [1.82, 2.24) is 0 Å². The number of rotatable bonds is 4. The van der Waals surface area contributed by atoms with E-state index in [1.54, 1.807) is 28.4 Å². The first-order chi connectivity index (χ1) is 5.62. The fraction of sp³-hybridized carbons (Fsp3) is 1.00. The SMILES string of the molecule is COC(C)OC.COC(C)OC.O. The molecular formula is C8H22O5. The van der Waals surface area contributed by atoms with Crippen molar-refractivity contribution in [2.75, 3.05) is 28.4 Å². The van der Waals surface area contributed by atoms with Crippen molar-refractivity contribution in [2.24, 2.45) is 0 Å². The van der Waals surface area contributed by atoms with Gasteiger partial charge in [-0.25, -0.2) is 0 Å². The zero-order valence-electron chi connectivity index (χ0n) is 9.29. The van der Waals surface area contributed by atoms with Gasteiger partial charge in [0.05, 0.1) is 0 Å². The smallest absolute Gasteiger partial charge is 0.154 e. The van der Waals surface area contributed by atoms with Crippen LogP contribution in [0.3, 0.4) is 0 Å². The Bertz CT molecular complexity index is 60.9. The van der Waals surface area contributed by atoms with E-state index in [0.29, 0.717) is 0 Å². The molecular weight excluding hydrogens is 176 g/mol. The molecule has 0 saturated carbocycles. The van der Waals surface area contributed by atoms with Gasteiger partial charge in [0, 0.05) is 28.4 Å². The molecule has 0 unspecified atom stereocenters. The molecule has 13 heavy (non-hydrogen) atoms. The number of methoxy groups -OCH3 is 4. The van der Waals surface area contributed by atoms with Crippen molar-refractivity contribution in [1.29, 1.82) is 0 Å². The van der Waals surface area contributed by atoms with Crippen LogP contribution in [0.15, 0.2) is 0 Å². The van der Waals surface area contributed by atoms with Gasteiger partial charge >= 0.3 is 0 Å². The van der Waals surface area contributed by atoms with Crippen LogP contribution in [-0.2, 0) is 18.9 Å². The third kappa shape index (κ3) is 18.6. The molecule has 2 N–H and O–H groups in total. The standard InChI is InChI=1S/2C4H10O2.H2O/c2*1-4(5-2)6-3;/h2*4H,1-3H3;1H2. The Morgan fingerprint density at radius 1 is 0.615 bits per heavy atom. The van der Waals surface area contributed by atoms with Gasteiger partial charge in [-0.3, -0.25) is 0 Å². The van der Waals surface area contributed by atoms with Crippen molar-refractivity contribution in [3.8, 4) is 0 Å². The van der Waals surface area contributed by atoms with Crippen LogP contribution in [0.25, 0.3) is 0 Å². The Balaban J connectivity index is -0.000000143. The molecule has 0 atom stereocenters. The van der Waals surface area contributed by atoms with Gasteiger partial charge in [0.15, 0.2) is 12.6 Å². The molecule has 0 saturated heterocycles. The highest BCUT2D eigenvalue weighted by Crippen LogP contribution is 1.83. The molecule has 0 bridgehead atoms. The van der Waals surface area contributed by atoms with Crippen LogP contribution in [0.5, 0.6) is 0 Å². The highest BCUT2D eigenvalue weighted by Gasteiger charge is 1.88. The summed E-state index contributed by atoms with van der Waals surface area (Å²) in [5.41, 5.74) is 0. The van der Waals surface area contributed by atoms with E-state index in [4.69, 9.17) is 0 Å². The summed E-state index contributed by atoms with van der Waals surface area (Å²) in [5, 5.41) is 0. The molecule has 0 aromatic heterocycles. The van der Waals surface area contributed by atoms with E-state index < -0.39 is 0 Å². The summed E-state index contributed by atoms with van der Waals surface area (Å²) in [4.78, 5) is 0. The molecule has 0 rings (SSSR count). The van der Waals surface area contributed by atoms with Gasteiger partial charge in [-0.05, 0) is 13.8 Å². The Kier molecular flexibility index (Phi) is 20.5. The quantitative estimate of drug-likeness (QED) is 0.614. The zero-order valence-corrected chi connectivity index (χ0v) is 9.29. The Morgan fingerprint density at radius 2 is 0.769 bits per heavy atom. The predicted molar refractivity (Wildman–Crippen MR) is 50.6 cm³/mol. The Morgan fingerprint density at radius 3 is 0.769 bits per heavy atom. The third-order valence-corrected chi connectivity index (χ3v) is 1.33. The molecule has 0 aliphatic heterocycles. The lowest BCUT2D eigenvalue weighted by Crippen LogP contribution is -2.05. The monoisotopic (exact) mass is 198 g/mol. The second-order valence-corrected chi connectivity index (χ2v) is 2.08. The van der Waals surface area contributed by atoms with Gasteiger partial charge in [0.1, 0.15) is 0 Å². The van der Waals surface area contributed by atoms with Crippen LogP contribution >= 0.6 is 0 Å². The largest absolute Gasteiger partial charge is 0.412 e. The first kappa shape index (κ1) is 18.6. The van der Waals surface area contributed by atoms with Crippen molar-refractivity contribution in [3.63, 3.8) is 0 Å². The summed E-state index contributed by atoms with van der Waals surface area (Å²) in [6.07, 6.45) is -0.130. The zero-order chi connectivity index (χ0) is 9.98. The van der Waals surface area contributed by atoms with E-state index in [-0.39, 0.29) is 18.1 Å². The van der Waals surface area contributed by atoms with Crippen molar-refractivity contribution in [2.45, 2.75) is 26.4 Å². The number of hydrogen-bond acceptors (Lipinski definition) is 4. The van der Waals surface area contributed by atoms with Crippen molar-refractivity contribution >= 4 is 0 Å². The van der Waals surface area contributed by atoms with E-state index in [0.717, 1.165) is 0 Å². The van der Waals surface area contributed by atoms with Gasteiger partial charge < -0.3 is 24.4 Å². The summed E-state index contributed by atoms with van der Waals surface area (Å²) in [6, 6.07) is 0. The predicted octanol–water partition coefficient (Wildman–Crippen LogP) is 0.426. The lowest BCUT2D eigenvalue weighted by Gasteiger charge is -2.03. The average molecular weight is 198 g/mol.